The predicted molar refractivity (Wildman–Crippen MR) is 73.1 cm³/mol. The molecule has 0 saturated heterocycles. The van der Waals surface area contributed by atoms with E-state index in [1.807, 2.05) is 36.4 Å². The molecule has 0 saturated carbocycles. The average Bonchev–Trinajstić information content (AvgIpc) is 2.39. The van der Waals surface area contributed by atoms with Crippen molar-refractivity contribution in [1.82, 2.24) is 0 Å². The molecule has 1 N–H and O–H groups in total. The van der Waals surface area contributed by atoms with Crippen LogP contribution >= 0.6 is 11.6 Å². The zero-order valence-corrected chi connectivity index (χ0v) is 11.1. The van der Waals surface area contributed by atoms with Crippen LogP contribution in [0.3, 0.4) is 0 Å². The molecular formula is C15H15ClO2. The molecule has 0 spiro atoms. The van der Waals surface area contributed by atoms with Gasteiger partial charge in [-0.05, 0) is 42.3 Å². The maximum atomic E-state index is 10.6. The van der Waals surface area contributed by atoms with Gasteiger partial charge in [-0.15, -0.1) is 0 Å². The van der Waals surface area contributed by atoms with Crippen LogP contribution in [0.1, 0.15) is 18.1 Å². The van der Waals surface area contributed by atoms with Gasteiger partial charge < -0.3 is 9.84 Å². The summed E-state index contributed by atoms with van der Waals surface area (Å²) in [6.45, 7) is 1.76. The quantitative estimate of drug-likeness (QED) is 0.916. The number of halogens is 1. The van der Waals surface area contributed by atoms with Crippen LogP contribution < -0.4 is 4.74 Å². The van der Waals surface area contributed by atoms with Crippen LogP contribution in [0.5, 0.6) is 5.75 Å². The van der Waals surface area contributed by atoms with Crippen LogP contribution in [0, 0.1) is 0 Å². The van der Waals surface area contributed by atoms with Gasteiger partial charge in [-0.3, -0.25) is 0 Å². The van der Waals surface area contributed by atoms with E-state index >= 15 is 0 Å². The fourth-order valence-corrected chi connectivity index (χ4v) is 1.98. The van der Waals surface area contributed by atoms with Crippen molar-refractivity contribution >= 4 is 11.6 Å². The second-order valence-electron chi connectivity index (χ2n) is 4.31. The standard InChI is InChI=1S/C15H15ClO2/c1-15(17,11-3-7-13(16)8-4-11)12-5-9-14(18-2)10-6-12/h3-10,17H,1-2H3/t15-/m1/s1. The number of rotatable bonds is 3. The minimum absolute atomic E-state index is 0.657. The van der Waals surface area contributed by atoms with Gasteiger partial charge in [0.2, 0.25) is 0 Å². The summed E-state index contributed by atoms with van der Waals surface area (Å²) in [5, 5.41) is 11.3. The number of ether oxygens (including phenoxy) is 1. The highest BCUT2D eigenvalue weighted by atomic mass is 35.5. The molecule has 1 atom stereocenters. The van der Waals surface area contributed by atoms with E-state index in [4.69, 9.17) is 16.3 Å². The Morgan fingerprint density at radius 1 is 0.944 bits per heavy atom. The fourth-order valence-electron chi connectivity index (χ4n) is 1.86. The fraction of sp³-hybridized carbons (Fsp3) is 0.200. The Balaban J connectivity index is 2.37. The zero-order valence-electron chi connectivity index (χ0n) is 10.4. The third kappa shape index (κ3) is 2.50. The Morgan fingerprint density at radius 3 is 1.83 bits per heavy atom. The lowest BCUT2D eigenvalue weighted by molar-refractivity contribution is 0.102. The summed E-state index contributed by atoms with van der Waals surface area (Å²) in [6, 6.07) is 14.6. The molecule has 2 aromatic rings. The van der Waals surface area contributed by atoms with Gasteiger partial charge in [0, 0.05) is 5.02 Å². The zero-order chi connectivity index (χ0) is 13.2. The van der Waals surface area contributed by atoms with E-state index in [0.29, 0.717) is 5.02 Å². The molecule has 0 aliphatic carbocycles. The second kappa shape index (κ2) is 5.01. The Kier molecular flexibility index (Phi) is 3.60. The van der Waals surface area contributed by atoms with E-state index < -0.39 is 5.60 Å². The van der Waals surface area contributed by atoms with Gasteiger partial charge in [0.1, 0.15) is 11.4 Å². The molecule has 0 heterocycles. The van der Waals surface area contributed by atoms with Crippen LogP contribution in [0.25, 0.3) is 0 Å². The Morgan fingerprint density at radius 2 is 1.39 bits per heavy atom. The first kappa shape index (κ1) is 12.9. The highest BCUT2D eigenvalue weighted by molar-refractivity contribution is 6.30. The molecule has 0 aromatic heterocycles. The Hall–Kier alpha value is -1.51. The molecular weight excluding hydrogens is 248 g/mol. The van der Waals surface area contributed by atoms with Crippen LogP contribution in [0.2, 0.25) is 5.02 Å². The highest BCUT2D eigenvalue weighted by Crippen LogP contribution is 2.30. The molecule has 0 unspecified atom stereocenters. The maximum Gasteiger partial charge on any atom is 0.118 e. The molecule has 2 nitrogen and oxygen atoms in total. The largest absolute Gasteiger partial charge is 0.497 e. The van der Waals surface area contributed by atoms with Crippen LogP contribution in [-0.4, -0.2) is 12.2 Å². The number of methoxy groups -OCH3 is 1. The lowest BCUT2D eigenvalue weighted by Gasteiger charge is -2.24. The SMILES string of the molecule is COc1ccc([C@](C)(O)c2ccc(Cl)cc2)cc1. The van der Waals surface area contributed by atoms with Gasteiger partial charge in [0.05, 0.1) is 7.11 Å². The minimum Gasteiger partial charge on any atom is -0.497 e. The number of hydrogen-bond donors (Lipinski definition) is 1. The topological polar surface area (TPSA) is 29.5 Å². The summed E-state index contributed by atoms with van der Waals surface area (Å²) in [6.07, 6.45) is 0. The van der Waals surface area contributed by atoms with Crippen molar-refractivity contribution in [3.63, 3.8) is 0 Å². The van der Waals surface area contributed by atoms with Gasteiger partial charge in [0.15, 0.2) is 0 Å². The summed E-state index contributed by atoms with van der Waals surface area (Å²) >= 11 is 5.85. The second-order valence-corrected chi connectivity index (χ2v) is 4.74. The molecule has 0 aliphatic heterocycles. The van der Waals surface area contributed by atoms with Crippen molar-refractivity contribution in [3.8, 4) is 5.75 Å². The lowest BCUT2D eigenvalue weighted by Crippen LogP contribution is -2.22. The van der Waals surface area contributed by atoms with E-state index in [0.717, 1.165) is 16.9 Å². The number of benzene rings is 2. The number of hydrogen-bond acceptors (Lipinski definition) is 2. The molecule has 0 amide bonds. The summed E-state index contributed by atoms with van der Waals surface area (Å²) in [5.41, 5.74) is 0.569. The molecule has 0 radical (unpaired) electrons. The van der Waals surface area contributed by atoms with Crippen LogP contribution in [0.4, 0.5) is 0 Å². The van der Waals surface area contributed by atoms with Crippen molar-refractivity contribution in [2.75, 3.05) is 7.11 Å². The molecule has 2 rings (SSSR count). The summed E-state index contributed by atoms with van der Waals surface area (Å²) < 4.78 is 5.10. The third-order valence-electron chi connectivity index (χ3n) is 3.06. The van der Waals surface area contributed by atoms with Gasteiger partial charge in [0.25, 0.3) is 0 Å². The van der Waals surface area contributed by atoms with E-state index in [2.05, 4.69) is 0 Å². The van der Waals surface area contributed by atoms with E-state index in [9.17, 15) is 5.11 Å². The molecule has 0 fully saturated rings. The van der Waals surface area contributed by atoms with Crippen molar-refractivity contribution in [2.24, 2.45) is 0 Å². The van der Waals surface area contributed by atoms with E-state index in [-0.39, 0.29) is 0 Å². The average molecular weight is 263 g/mol. The lowest BCUT2D eigenvalue weighted by atomic mass is 9.88. The van der Waals surface area contributed by atoms with Crippen molar-refractivity contribution in [1.29, 1.82) is 0 Å². The molecule has 18 heavy (non-hydrogen) atoms. The maximum absolute atomic E-state index is 10.6. The highest BCUT2D eigenvalue weighted by Gasteiger charge is 2.25. The molecule has 94 valence electrons. The van der Waals surface area contributed by atoms with Gasteiger partial charge in [-0.1, -0.05) is 35.9 Å². The summed E-state index contributed by atoms with van der Waals surface area (Å²) in [5.74, 6) is 0.769. The summed E-state index contributed by atoms with van der Waals surface area (Å²) in [4.78, 5) is 0. The van der Waals surface area contributed by atoms with Crippen molar-refractivity contribution in [3.05, 3.63) is 64.7 Å². The summed E-state index contributed by atoms with van der Waals surface area (Å²) in [7, 11) is 1.62. The van der Waals surface area contributed by atoms with Crippen LogP contribution in [-0.2, 0) is 5.60 Å². The number of aliphatic hydroxyl groups is 1. The minimum atomic E-state index is -1.04. The van der Waals surface area contributed by atoms with Crippen molar-refractivity contribution < 1.29 is 9.84 Å². The Bertz CT molecular complexity index is 515. The van der Waals surface area contributed by atoms with E-state index in [1.165, 1.54) is 0 Å². The molecule has 3 heteroatoms. The van der Waals surface area contributed by atoms with Gasteiger partial charge in [-0.2, -0.15) is 0 Å². The molecule has 2 aromatic carbocycles. The molecule has 0 aliphatic rings. The smallest absolute Gasteiger partial charge is 0.118 e. The third-order valence-corrected chi connectivity index (χ3v) is 3.31. The van der Waals surface area contributed by atoms with Crippen molar-refractivity contribution in [2.45, 2.75) is 12.5 Å². The van der Waals surface area contributed by atoms with Gasteiger partial charge >= 0.3 is 0 Å². The first-order chi connectivity index (χ1) is 8.54. The van der Waals surface area contributed by atoms with Gasteiger partial charge in [-0.25, -0.2) is 0 Å². The monoisotopic (exact) mass is 262 g/mol. The molecule has 0 bridgehead atoms. The Labute approximate surface area is 112 Å². The van der Waals surface area contributed by atoms with Crippen LogP contribution in [0.15, 0.2) is 48.5 Å². The first-order valence-corrected chi connectivity index (χ1v) is 6.05. The predicted octanol–water partition coefficient (Wildman–Crippen LogP) is 3.60. The first-order valence-electron chi connectivity index (χ1n) is 5.67. The normalized spacial score (nSPS) is 14.0. The van der Waals surface area contributed by atoms with E-state index in [1.54, 1.807) is 26.2 Å².